The minimum Gasteiger partial charge on any atom is -0.0613 e. The lowest BCUT2D eigenvalue weighted by Crippen LogP contribution is -1.93. The molecule has 0 N–H and O–H groups in total. The van der Waals surface area contributed by atoms with Gasteiger partial charge in [0.25, 0.3) is 0 Å². The van der Waals surface area contributed by atoms with Crippen molar-refractivity contribution in [3.8, 4) is 0 Å². The standard InChI is InChI=1S/C12H17/c1-4-10-7-8-11(5-2)12(6-3)9-10/h8-9H,4-6H2,1-3H3. The monoisotopic (exact) mass is 161 g/mol. The first kappa shape index (κ1) is 9.31. The molecule has 0 saturated heterocycles. The molecule has 0 aromatic heterocycles. The van der Waals surface area contributed by atoms with E-state index in [0.29, 0.717) is 0 Å². The maximum atomic E-state index is 3.31. The summed E-state index contributed by atoms with van der Waals surface area (Å²) in [5.41, 5.74) is 4.28. The van der Waals surface area contributed by atoms with Crippen LogP contribution in [0.25, 0.3) is 0 Å². The van der Waals surface area contributed by atoms with E-state index in [2.05, 4.69) is 39.0 Å². The van der Waals surface area contributed by atoms with Crippen molar-refractivity contribution in [3.05, 3.63) is 34.9 Å². The van der Waals surface area contributed by atoms with Crippen LogP contribution in [0.3, 0.4) is 0 Å². The molecular formula is C12H17. The highest BCUT2D eigenvalue weighted by molar-refractivity contribution is 5.31. The van der Waals surface area contributed by atoms with E-state index in [1.54, 1.807) is 0 Å². The van der Waals surface area contributed by atoms with Gasteiger partial charge in [-0.1, -0.05) is 32.9 Å². The molecule has 1 radical (unpaired) electrons. The molecule has 0 fully saturated rings. The predicted molar refractivity (Wildman–Crippen MR) is 53.4 cm³/mol. The van der Waals surface area contributed by atoms with Crippen molar-refractivity contribution in [1.82, 2.24) is 0 Å². The fraction of sp³-hybridized carbons (Fsp3) is 0.500. The van der Waals surface area contributed by atoms with Crippen LogP contribution in [0.15, 0.2) is 12.1 Å². The van der Waals surface area contributed by atoms with Crippen LogP contribution in [0.1, 0.15) is 37.5 Å². The lowest BCUT2D eigenvalue weighted by molar-refractivity contribution is 1.01. The van der Waals surface area contributed by atoms with Crippen molar-refractivity contribution in [1.29, 1.82) is 0 Å². The molecule has 0 aliphatic heterocycles. The minimum atomic E-state index is 1.09. The zero-order valence-electron chi connectivity index (χ0n) is 8.28. The van der Waals surface area contributed by atoms with E-state index in [4.69, 9.17) is 0 Å². The molecule has 0 nitrogen and oxygen atoms in total. The van der Waals surface area contributed by atoms with Crippen molar-refractivity contribution in [3.63, 3.8) is 0 Å². The van der Waals surface area contributed by atoms with Gasteiger partial charge in [-0.05, 0) is 42.0 Å². The Balaban J connectivity index is 3.02. The smallest absolute Gasteiger partial charge is 0.0146 e. The Hall–Kier alpha value is -0.780. The van der Waals surface area contributed by atoms with Crippen molar-refractivity contribution in [2.24, 2.45) is 0 Å². The summed E-state index contributed by atoms with van der Waals surface area (Å²) in [5.74, 6) is 0. The van der Waals surface area contributed by atoms with Crippen molar-refractivity contribution in [2.75, 3.05) is 0 Å². The Labute approximate surface area is 75.6 Å². The van der Waals surface area contributed by atoms with Crippen LogP contribution in [-0.4, -0.2) is 0 Å². The average Bonchev–Trinajstić information content (AvgIpc) is 2.16. The van der Waals surface area contributed by atoms with Crippen LogP contribution in [0, 0.1) is 6.07 Å². The van der Waals surface area contributed by atoms with E-state index >= 15 is 0 Å². The number of aryl methyl sites for hydroxylation is 3. The van der Waals surface area contributed by atoms with Gasteiger partial charge in [0.05, 0.1) is 0 Å². The third-order valence-electron chi connectivity index (χ3n) is 2.34. The second kappa shape index (κ2) is 4.30. The predicted octanol–water partition coefficient (Wildman–Crippen LogP) is 3.17. The molecule has 0 bridgehead atoms. The number of benzene rings is 1. The third kappa shape index (κ3) is 1.88. The van der Waals surface area contributed by atoms with Crippen LogP contribution in [0.4, 0.5) is 0 Å². The highest BCUT2D eigenvalue weighted by Gasteiger charge is 1.99. The largest absolute Gasteiger partial charge is 0.0613 e. The summed E-state index contributed by atoms with van der Waals surface area (Å²) in [4.78, 5) is 0. The SMILES string of the molecule is CCc1[c]cc(CC)c(CC)c1. The van der Waals surface area contributed by atoms with Gasteiger partial charge in [0.1, 0.15) is 0 Å². The topological polar surface area (TPSA) is 0 Å². The molecular weight excluding hydrogens is 144 g/mol. The average molecular weight is 161 g/mol. The summed E-state index contributed by atoms with van der Waals surface area (Å²) >= 11 is 0. The number of hydrogen-bond donors (Lipinski definition) is 0. The fourth-order valence-corrected chi connectivity index (χ4v) is 1.48. The molecule has 0 aliphatic rings. The molecule has 1 rings (SSSR count). The Morgan fingerprint density at radius 1 is 1.00 bits per heavy atom. The summed E-state index contributed by atoms with van der Waals surface area (Å²) in [6.07, 6.45) is 3.37. The second-order valence-electron chi connectivity index (χ2n) is 3.07. The van der Waals surface area contributed by atoms with Gasteiger partial charge in [-0.25, -0.2) is 0 Å². The number of rotatable bonds is 3. The molecule has 0 amide bonds. The first-order chi connectivity index (χ1) is 5.81. The zero-order chi connectivity index (χ0) is 8.97. The zero-order valence-corrected chi connectivity index (χ0v) is 8.28. The summed E-state index contributed by atoms with van der Waals surface area (Å²) in [6, 6.07) is 7.75. The normalized spacial score (nSPS) is 10.2. The van der Waals surface area contributed by atoms with Crippen molar-refractivity contribution in [2.45, 2.75) is 40.0 Å². The van der Waals surface area contributed by atoms with Gasteiger partial charge in [0.15, 0.2) is 0 Å². The number of hydrogen-bond acceptors (Lipinski definition) is 0. The van der Waals surface area contributed by atoms with Gasteiger partial charge >= 0.3 is 0 Å². The third-order valence-corrected chi connectivity index (χ3v) is 2.34. The van der Waals surface area contributed by atoms with Crippen LogP contribution >= 0.6 is 0 Å². The van der Waals surface area contributed by atoms with Crippen LogP contribution in [-0.2, 0) is 19.3 Å². The van der Waals surface area contributed by atoms with Crippen LogP contribution in [0.2, 0.25) is 0 Å². The molecule has 0 heterocycles. The van der Waals surface area contributed by atoms with Crippen LogP contribution in [0.5, 0.6) is 0 Å². The molecule has 1 aromatic rings. The van der Waals surface area contributed by atoms with E-state index in [0.717, 1.165) is 19.3 Å². The molecule has 0 spiro atoms. The molecule has 0 unspecified atom stereocenters. The Morgan fingerprint density at radius 2 is 1.67 bits per heavy atom. The van der Waals surface area contributed by atoms with Gasteiger partial charge in [0.2, 0.25) is 0 Å². The molecule has 0 heteroatoms. The Morgan fingerprint density at radius 3 is 2.17 bits per heavy atom. The molecule has 0 saturated carbocycles. The van der Waals surface area contributed by atoms with E-state index in [1.807, 2.05) is 0 Å². The molecule has 65 valence electrons. The fourth-order valence-electron chi connectivity index (χ4n) is 1.48. The Kier molecular flexibility index (Phi) is 3.33. The molecule has 0 atom stereocenters. The summed E-state index contributed by atoms with van der Waals surface area (Å²) in [7, 11) is 0. The summed E-state index contributed by atoms with van der Waals surface area (Å²) < 4.78 is 0. The van der Waals surface area contributed by atoms with Gasteiger partial charge < -0.3 is 0 Å². The molecule has 12 heavy (non-hydrogen) atoms. The first-order valence-electron chi connectivity index (χ1n) is 4.84. The molecule has 1 aromatic carbocycles. The van der Waals surface area contributed by atoms with Gasteiger partial charge in [-0.2, -0.15) is 0 Å². The highest BCUT2D eigenvalue weighted by Crippen LogP contribution is 2.13. The Bertz CT molecular complexity index is 248. The minimum absolute atomic E-state index is 1.09. The van der Waals surface area contributed by atoms with E-state index in [-0.39, 0.29) is 0 Å². The maximum absolute atomic E-state index is 3.31. The van der Waals surface area contributed by atoms with Crippen molar-refractivity contribution >= 4 is 0 Å². The van der Waals surface area contributed by atoms with Gasteiger partial charge in [-0.3, -0.25) is 0 Å². The first-order valence-corrected chi connectivity index (χ1v) is 4.84. The van der Waals surface area contributed by atoms with Gasteiger partial charge in [-0.15, -0.1) is 0 Å². The lowest BCUT2D eigenvalue weighted by atomic mass is 9.99. The molecule has 0 aliphatic carbocycles. The lowest BCUT2D eigenvalue weighted by Gasteiger charge is -2.06. The van der Waals surface area contributed by atoms with E-state index in [9.17, 15) is 0 Å². The van der Waals surface area contributed by atoms with Crippen molar-refractivity contribution < 1.29 is 0 Å². The highest BCUT2D eigenvalue weighted by atomic mass is 14.0. The van der Waals surface area contributed by atoms with E-state index in [1.165, 1.54) is 16.7 Å². The van der Waals surface area contributed by atoms with Gasteiger partial charge in [0, 0.05) is 0 Å². The quantitative estimate of drug-likeness (QED) is 0.638. The summed E-state index contributed by atoms with van der Waals surface area (Å²) in [5, 5.41) is 0. The summed E-state index contributed by atoms with van der Waals surface area (Å²) in [6.45, 7) is 6.60. The second-order valence-corrected chi connectivity index (χ2v) is 3.07. The van der Waals surface area contributed by atoms with E-state index < -0.39 is 0 Å². The van der Waals surface area contributed by atoms with Crippen LogP contribution < -0.4 is 0 Å². The maximum Gasteiger partial charge on any atom is -0.0146 e.